The van der Waals surface area contributed by atoms with Gasteiger partial charge in [0.05, 0.1) is 19.8 Å². The maximum Gasteiger partial charge on any atom is 0.293 e. The van der Waals surface area contributed by atoms with Crippen molar-refractivity contribution in [2.45, 2.75) is 51.4 Å². The Hall–Kier alpha value is -0.610. The van der Waals surface area contributed by atoms with Gasteiger partial charge >= 0.3 is 0 Å². The molecule has 0 atom stereocenters. The number of carbonyl (C=O) groups is 1. The minimum absolute atomic E-state index is 0.523. The highest BCUT2D eigenvalue weighted by Gasteiger charge is 1.93. The minimum Gasteiger partial charge on any atom is -0.468 e. The van der Waals surface area contributed by atoms with E-state index in [1.165, 1.54) is 32.1 Å². The summed E-state index contributed by atoms with van der Waals surface area (Å²) in [5, 5.41) is 0. The number of hydrogen-bond acceptors (Lipinski definition) is 4. The van der Waals surface area contributed by atoms with Crippen molar-refractivity contribution in [3.8, 4) is 0 Å². The van der Waals surface area contributed by atoms with E-state index in [1.807, 2.05) is 0 Å². The van der Waals surface area contributed by atoms with E-state index < -0.39 is 0 Å². The van der Waals surface area contributed by atoms with E-state index in [0.29, 0.717) is 26.3 Å². The predicted molar refractivity (Wildman–Crippen MR) is 71.6 cm³/mol. The van der Waals surface area contributed by atoms with Gasteiger partial charge in [-0.25, -0.2) is 0 Å². The number of hydrogen-bond donors (Lipinski definition) is 0. The summed E-state index contributed by atoms with van der Waals surface area (Å²) in [6.07, 6.45) is 9.67. The Morgan fingerprint density at radius 3 is 1.83 bits per heavy atom. The van der Waals surface area contributed by atoms with E-state index in [0.717, 1.165) is 25.9 Å². The van der Waals surface area contributed by atoms with Crippen LogP contribution >= 0.6 is 0 Å². The molecule has 108 valence electrons. The van der Waals surface area contributed by atoms with Crippen LogP contribution in [0.4, 0.5) is 0 Å². The van der Waals surface area contributed by atoms with Crippen molar-refractivity contribution in [1.82, 2.24) is 0 Å². The minimum atomic E-state index is 0.523. The van der Waals surface area contributed by atoms with Gasteiger partial charge in [-0.1, -0.05) is 38.5 Å². The first-order valence-electron chi connectivity index (χ1n) is 7.03. The second kappa shape index (κ2) is 16.4. The van der Waals surface area contributed by atoms with Crippen LogP contribution < -0.4 is 0 Å². The third kappa shape index (κ3) is 15.4. The average Bonchev–Trinajstić information content (AvgIpc) is 2.39. The first kappa shape index (κ1) is 17.4. The zero-order chi connectivity index (χ0) is 13.3. The highest BCUT2D eigenvalue weighted by atomic mass is 16.5. The third-order valence-corrected chi connectivity index (χ3v) is 2.80. The molecule has 0 spiro atoms. The van der Waals surface area contributed by atoms with Crippen molar-refractivity contribution < 1.29 is 19.0 Å². The maximum absolute atomic E-state index is 9.88. The molecule has 0 amide bonds. The standard InChI is InChI=1S/C14H28O4/c1-16-12-13-17-10-8-6-4-2-3-5-7-9-11-18-14-15/h14H,2-13H2,1H3. The maximum atomic E-state index is 9.88. The van der Waals surface area contributed by atoms with Crippen LogP contribution in [0.1, 0.15) is 51.4 Å². The molecule has 0 radical (unpaired) electrons. The van der Waals surface area contributed by atoms with E-state index >= 15 is 0 Å². The Bertz CT molecular complexity index is 162. The molecule has 0 aliphatic carbocycles. The number of methoxy groups -OCH3 is 1. The number of carbonyl (C=O) groups excluding carboxylic acids is 1. The second-order valence-corrected chi connectivity index (χ2v) is 4.40. The summed E-state index contributed by atoms with van der Waals surface area (Å²) in [5.41, 5.74) is 0. The Balaban J connectivity index is 2.88. The fourth-order valence-electron chi connectivity index (χ4n) is 1.74. The van der Waals surface area contributed by atoms with E-state index in [9.17, 15) is 4.79 Å². The first-order chi connectivity index (χ1) is 8.91. The molecule has 0 heterocycles. The van der Waals surface area contributed by atoms with Crippen LogP contribution in [-0.2, 0) is 19.0 Å². The Labute approximate surface area is 111 Å². The van der Waals surface area contributed by atoms with Crippen molar-refractivity contribution in [2.75, 3.05) is 33.5 Å². The molecular weight excluding hydrogens is 232 g/mol. The Morgan fingerprint density at radius 2 is 1.28 bits per heavy atom. The van der Waals surface area contributed by atoms with Crippen LogP contribution in [0.5, 0.6) is 0 Å². The van der Waals surface area contributed by atoms with Crippen LogP contribution in [0.15, 0.2) is 0 Å². The van der Waals surface area contributed by atoms with Crippen molar-refractivity contribution in [2.24, 2.45) is 0 Å². The van der Waals surface area contributed by atoms with E-state index in [4.69, 9.17) is 9.47 Å². The summed E-state index contributed by atoms with van der Waals surface area (Å²) >= 11 is 0. The van der Waals surface area contributed by atoms with E-state index in [2.05, 4.69) is 4.74 Å². The second-order valence-electron chi connectivity index (χ2n) is 4.40. The number of rotatable bonds is 15. The van der Waals surface area contributed by atoms with Crippen LogP contribution in [-0.4, -0.2) is 40.0 Å². The van der Waals surface area contributed by atoms with Gasteiger partial charge in [-0.15, -0.1) is 0 Å². The van der Waals surface area contributed by atoms with Crippen LogP contribution in [0.3, 0.4) is 0 Å². The summed E-state index contributed by atoms with van der Waals surface area (Å²) in [5.74, 6) is 0. The fourth-order valence-corrected chi connectivity index (χ4v) is 1.74. The summed E-state index contributed by atoms with van der Waals surface area (Å²) in [6, 6.07) is 0. The van der Waals surface area contributed by atoms with Crippen LogP contribution in [0.2, 0.25) is 0 Å². The predicted octanol–water partition coefficient (Wildman–Crippen LogP) is 2.94. The van der Waals surface area contributed by atoms with Crippen LogP contribution in [0, 0.1) is 0 Å². The molecule has 0 N–H and O–H groups in total. The van der Waals surface area contributed by atoms with Crippen molar-refractivity contribution in [3.05, 3.63) is 0 Å². The molecule has 0 aromatic heterocycles. The topological polar surface area (TPSA) is 44.8 Å². The smallest absolute Gasteiger partial charge is 0.293 e. The lowest BCUT2D eigenvalue weighted by Crippen LogP contribution is -2.02. The molecule has 0 rings (SSSR count). The zero-order valence-electron chi connectivity index (χ0n) is 11.7. The van der Waals surface area contributed by atoms with E-state index in [1.54, 1.807) is 7.11 Å². The first-order valence-corrected chi connectivity index (χ1v) is 7.03. The van der Waals surface area contributed by atoms with Gasteiger partial charge in [-0.05, 0) is 12.8 Å². The summed E-state index contributed by atoms with van der Waals surface area (Å²) in [6.45, 7) is 3.34. The van der Waals surface area contributed by atoms with Gasteiger partial charge in [0.2, 0.25) is 0 Å². The molecular formula is C14H28O4. The monoisotopic (exact) mass is 260 g/mol. The molecule has 0 saturated heterocycles. The molecule has 4 nitrogen and oxygen atoms in total. The average molecular weight is 260 g/mol. The van der Waals surface area contributed by atoms with Crippen molar-refractivity contribution in [1.29, 1.82) is 0 Å². The highest BCUT2D eigenvalue weighted by Crippen LogP contribution is 2.08. The molecule has 0 bridgehead atoms. The normalized spacial score (nSPS) is 10.5. The van der Waals surface area contributed by atoms with Gasteiger partial charge in [0, 0.05) is 13.7 Å². The molecule has 0 aromatic carbocycles. The zero-order valence-corrected chi connectivity index (χ0v) is 11.7. The summed E-state index contributed by atoms with van der Waals surface area (Å²) in [7, 11) is 1.69. The van der Waals surface area contributed by atoms with Crippen molar-refractivity contribution in [3.63, 3.8) is 0 Å². The van der Waals surface area contributed by atoms with Crippen LogP contribution in [0.25, 0.3) is 0 Å². The molecule has 0 unspecified atom stereocenters. The summed E-state index contributed by atoms with van der Waals surface area (Å²) < 4.78 is 14.9. The molecule has 4 heteroatoms. The van der Waals surface area contributed by atoms with E-state index in [-0.39, 0.29) is 0 Å². The third-order valence-electron chi connectivity index (χ3n) is 2.80. The Kier molecular flexibility index (Phi) is 15.8. The number of unbranched alkanes of at least 4 members (excludes halogenated alkanes) is 7. The van der Waals surface area contributed by atoms with Gasteiger partial charge in [-0.3, -0.25) is 4.79 Å². The lowest BCUT2D eigenvalue weighted by Gasteiger charge is -2.04. The SMILES string of the molecule is COCCOCCCCCCCCCCOC=O. The largest absolute Gasteiger partial charge is 0.468 e. The summed E-state index contributed by atoms with van der Waals surface area (Å²) in [4.78, 5) is 9.88. The quantitative estimate of drug-likeness (QED) is 0.335. The van der Waals surface area contributed by atoms with Gasteiger partial charge in [0.25, 0.3) is 6.47 Å². The lowest BCUT2D eigenvalue weighted by molar-refractivity contribution is -0.128. The molecule has 0 aromatic rings. The number of ether oxygens (including phenoxy) is 3. The Morgan fingerprint density at radius 1 is 0.722 bits per heavy atom. The lowest BCUT2D eigenvalue weighted by atomic mass is 10.1. The van der Waals surface area contributed by atoms with Gasteiger partial charge in [-0.2, -0.15) is 0 Å². The van der Waals surface area contributed by atoms with Gasteiger partial charge in [0.15, 0.2) is 0 Å². The van der Waals surface area contributed by atoms with Gasteiger partial charge < -0.3 is 14.2 Å². The highest BCUT2D eigenvalue weighted by molar-refractivity contribution is 5.36. The van der Waals surface area contributed by atoms with Gasteiger partial charge in [0.1, 0.15) is 0 Å². The fraction of sp³-hybridized carbons (Fsp3) is 0.929. The van der Waals surface area contributed by atoms with Crippen molar-refractivity contribution >= 4 is 6.47 Å². The molecule has 0 aliphatic rings. The molecule has 0 saturated carbocycles. The molecule has 18 heavy (non-hydrogen) atoms. The molecule has 0 aliphatic heterocycles. The molecule has 0 fully saturated rings.